The Morgan fingerprint density at radius 2 is 1.65 bits per heavy atom. The predicted octanol–water partition coefficient (Wildman–Crippen LogP) is 0.977. The maximum absolute atomic E-state index is 2.38. The zero-order chi connectivity index (χ0) is 14.5. The molecule has 2 aliphatic heterocycles. The number of halogens is 1. The van der Waals surface area contributed by atoms with E-state index < -0.39 is 0 Å². The quantitative estimate of drug-likeness (QED) is 0.561. The number of hydrogen-bond donors (Lipinski definition) is 0. The number of hydrogen-bond acceptors (Lipinski definition) is 1. The normalized spacial score (nSPS) is 14.4. The maximum atomic E-state index is 2.38. The van der Waals surface area contributed by atoms with Crippen molar-refractivity contribution in [3.05, 3.63) is 83.7 Å². The van der Waals surface area contributed by atoms with Gasteiger partial charge in [0.15, 0.2) is 0 Å². The number of benzene rings is 2. The molecule has 112 valence electrons. The van der Waals surface area contributed by atoms with Crippen LogP contribution < -0.4 is 21.9 Å². The first-order valence-corrected chi connectivity index (χ1v) is 7.58. The predicted molar refractivity (Wildman–Crippen MR) is 90.1 cm³/mol. The molecule has 0 amide bonds. The lowest BCUT2D eigenvalue weighted by Crippen LogP contribution is -3.00. The van der Waals surface area contributed by atoms with Gasteiger partial charge in [-0.15, -0.1) is 0 Å². The first kappa shape index (κ1) is 14.0. The average Bonchev–Trinajstić information content (AvgIpc) is 2.60. The average molecular weight is 319 g/mol. The SMILES string of the molecule is C1=Cc2ccccc2N2C[n+]3c(ccc4ccccc43)C=C12.[Cl-]. The van der Waals surface area contributed by atoms with Crippen molar-refractivity contribution in [3.8, 4) is 0 Å². The number of anilines is 1. The zero-order valence-electron chi connectivity index (χ0n) is 12.5. The van der Waals surface area contributed by atoms with E-state index in [1.807, 2.05) is 0 Å². The molecule has 0 unspecified atom stereocenters. The highest BCUT2D eigenvalue weighted by molar-refractivity contribution is 5.81. The Morgan fingerprint density at radius 1 is 0.826 bits per heavy atom. The Kier molecular flexibility index (Phi) is 3.21. The molecule has 2 aromatic carbocycles. The van der Waals surface area contributed by atoms with Gasteiger partial charge in [0.05, 0.1) is 11.4 Å². The topological polar surface area (TPSA) is 7.12 Å². The molecule has 0 spiro atoms. The van der Waals surface area contributed by atoms with E-state index in [4.69, 9.17) is 0 Å². The molecule has 2 aliphatic rings. The smallest absolute Gasteiger partial charge is 0.229 e. The summed E-state index contributed by atoms with van der Waals surface area (Å²) in [5, 5.41) is 1.28. The third kappa shape index (κ3) is 2.07. The van der Waals surface area contributed by atoms with E-state index in [0.29, 0.717) is 0 Å². The lowest BCUT2D eigenvalue weighted by molar-refractivity contribution is -0.673. The van der Waals surface area contributed by atoms with Crippen LogP contribution in [0.4, 0.5) is 5.69 Å². The summed E-state index contributed by atoms with van der Waals surface area (Å²) in [5.74, 6) is 0. The van der Waals surface area contributed by atoms with E-state index in [1.165, 1.54) is 33.5 Å². The minimum atomic E-state index is 0. The van der Waals surface area contributed by atoms with E-state index >= 15 is 0 Å². The third-order valence-corrected chi connectivity index (χ3v) is 4.52. The maximum Gasteiger partial charge on any atom is 0.229 e. The van der Waals surface area contributed by atoms with Gasteiger partial charge in [0, 0.05) is 23.6 Å². The molecule has 0 bridgehead atoms. The molecule has 0 saturated carbocycles. The van der Waals surface area contributed by atoms with Gasteiger partial charge in [0.1, 0.15) is 0 Å². The van der Waals surface area contributed by atoms with E-state index in [1.54, 1.807) is 0 Å². The van der Waals surface area contributed by atoms with Crippen LogP contribution in [0.5, 0.6) is 0 Å². The molecule has 0 N–H and O–H groups in total. The highest BCUT2D eigenvalue weighted by Crippen LogP contribution is 2.33. The first-order valence-electron chi connectivity index (χ1n) is 7.58. The molecule has 3 heterocycles. The minimum absolute atomic E-state index is 0. The van der Waals surface area contributed by atoms with Crippen molar-refractivity contribution >= 4 is 28.7 Å². The lowest BCUT2D eigenvalue weighted by Gasteiger charge is -2.30. The van der Waals surface area contributed by atoms with Crippen molar-refractivity contribution in [1.82, 2.24) is 0 Å². The van der Waals surface area contributed by atoms with E-state index in [-0.39, 0.29) is 12.4 Å². The van der Waals surface area contributed by atoms with Crippen molar-refractivity contribution in [2.75, 3.05) is 4.90 Å². The van der Waals surface area contributed by atoms with Crippen LogP contribution in [-0.4, -0.2) is 0 Å². The first-order chi connectivity index (χ1) is 10.9. The number of para-hydroxylation sites is 2. The second-order valence-electron chi connectivity index (χ2n) is 5.78. The Hall–Kier alpha value is -2.58. The van der Waals surface area contributed by atoms with Crippen LogP contribution in [0.15, 0.2) is 72.4 Å². The molecular weight excluding hydrogens is 304 g/mol. The largest absolute Gasteiger partial charge is 1.00 e. The van der Waals surface area contributed by atoms with Crippen molar-refractivity contribution in [2.45, 2.75) is 6.67 Å². The van der Waals surface area contributed by atoms with Gasteiger partial charge in [-0.2, -0.15) is 4.57 Å². The van der Waals surface area contributed by atoms with Gasteiger partial charge in [-0.3, -0.25) is 4.90 Å². The Labute approximate surface area is 141 Å². The fraction of sp³-hybridized carbons (Fsp3) is 0.0500. The van der Waals surface area contributed by atoms with Crippen LogP contribution in [0.3, 0.4) is 0 Å². The lowest BCUT2D eigenvalue weighted by atomic mass is 10.0. The molecule has 0 fully saturated rings. The summed E-state index contributed by atoms with van der Waals surface area (Å²) in [5.41, 5.74) is 6.36. The summed E-state index contributed by atoms with van der Waals surface area (Å²) in [6, 6.07) is 21.6. The number of fused-ring (bicyclic) bond motifs is 6. The van der Waals surface area contributed by atoms with E-state index in [0.717, 1.165) is 6.67 Å². The van der Waals surface area contributed by atoms with Crippen LogP contribution in [0, 0.1) is 0 Å². The van der Waals surface area contributed by atoms with E-state index in [2.05, 4.69) is 88.4 Å². The van der Waals surface area contributed by atoms with Gasteiger partial charge in [0.25, 0.3) is 0 Å². The molecule has 23 heavy (non-hydrogen) atoms. The van der Waals surface area contributed by atoms with Crippen LogP contribution >= 0.6 is 0 Å². The summed E-state index contributed by atoms with van der Waals surface area (Å²) >= 11 is 0. The highest BCUT2D eigenvalue weighted by atomic mass is 35.5. The Balaban J connectivity index is 0.00000135. The van der Waals surface area contributed by atoms with Crippen molar-refractivity contribution < 1.29 is 17.0 Å². The molecule has 0 saturated heterocycles. The third-order valence-electron chi connectivity index (χ3n) is 4.52. The summed E-state index contributed by atoms with van der Waals surface area (Å²) in [7, 11) is 0. The molecule has 5 rings (SSSR count). The van der Waals surface area contributed by atoms with Gasteiger partial charge < -0.3 is 12.4 Å². The number of nitrogens with zero attached hydrogens (tertiary/aromatic N) is 2. The molecular formula is C20H15ClN2. The summed E-state index contributed by atoms with van der Waals surface area (Å²) < 4.78 is 2.38. The molecule has 0 aliphatic carbocycles. The molecule has 3 aromatic rings. The number of rotatable bonds is 0. The van der Waals surface area contributed by atoms with Gasteiger partial charge in [-0.1, -0.05) is 36.4 Å². The molecule has 0 atom stereocenters. The Bertz CT molecular complexity index is 972. The van der Waals surface area contributed by atoms with Crippen LogP contribution in [0.2, 0.25) is 0 Å². The summed E-state index contributed by atoms with van der Waals surface area (Å²) in [4.78, 5) is 2.38. The molecule has 0 radical (unpaired) electrons. The molecule has 2 nitrogen and oxygen atoms in total. The van der Waals surface area contributed by atoms with Crippen LogP contribution in [-0.2, 0) is 6.67 Å². The Morgan fingerprint density at radius 3 is 2.61 bits per heavy atom. The zero-order valence-corrected chi connectivity index (χ0v) is 13.2. The highest BCUT2D eigenvalue weighted by Gasteiger charge is 2.28. The molecule has 3 heteroatoms. The number of pyridine rings is 1. The minimum Gasteiger partial charge on any atom is -1.00 e. The number of aromatic nitrogens is 1. The fourth-order valence-electron chi connectivity index (χ4n) is 3.42. The second-order valence-corrected chi connectivity index (χ2v) is 5.78. The van der Waals surface area contributed by atoms with Crippen molar-refractivity contribution in [3.63, 3.8) is 0 Å². The van der Waals surface area contributed by atoms with E-state index in [9.17, 15) is 0 Å². The second kappa shape index (κ2) is 5.25. The van der Waals surface area contributed by atoms with Gasteiger partial charge >= 0.3 is 0 Å². The van der Waals surface area contributed by atoms with Crippen molar-refractivity contribution in [2.24, 2.45) is 0 Å². The summed E-state index contributed by atoms with van der Waals surface area (Å²) in [6.07, 6.45) is 6.68. The van der Waals surface area contributed by atoms with Gasteiger partial charge in [-0.05, 0) is 29.8 Å². The van der Waals surface area contributed by atoms with Gasteiger partial charge in [0.2, 0.25) is 17.9 Å². The van der Waals surface area contributed by atoms with Crippen LogP contribution in [0.25, 0.3) is 23.1 Å². The molecule has 1 aromatic heterocycles. The van der Waals surface area contributed by atoms with Crippen LogP contribution in [0.1, 0.15) is 11.3 Å². The van der Waals surface area contributed by atoms with Gasteiger partial charge in [-0.25, -0.2) is 0 Å². The fourth-order valence-corrected chi connectivity index (χ4v) is 3.42. The monoisotopic (exact) mass is 318 g/mol. The van der Waals surface area contributed by atoms with Crippen molar-refractivity contribution in [1.29, 1.82) is 0 Å². The number of allylic oxidation sites excluding steroid dienone is 1. The standard InChI is InChI=1S/C20H15N2.ClH/c1-3-7-19-15(5-1)9-11-17-13-18-12-10-16-6-2-4-8-20(16)22(18)14-21(17)19;/h1-13H,14H2;1H/q+1;/p-1. The summed E-state index contributed by atoms with van der Waals surface area (Å²) in [6.45, 7) is 0.851.